The summed E-state index contributed by atoms with van der Waals surface area (Å²) in [6, 6.07) is 10.2. The lowest BCUT2D eigenvalue weighted by Gasteiger charge is -2.21. The van der Waals surface area contributed by atoms with Gasteiger partial charge >= 0.3 is 0 Å². The lowest BCUT2D eigenvalue weighted by atomic mass is 10.0. The SMILES string of the molecule is CC(=O)c1ccc(NC(=O)[C@H](NS(=O)(=O)c2ccc3nc(C)sc3c2)C(C)C)cc1. The third-order valence-corrected chi connectivity index (χ3v) is 6.94. The molecule has 0 aliphatic carbocycles. The van der Waals surface area contributed by atoms with Crippen molar-refractivity contribution in [1.29, 1.82) is 0 Å². The standard InChI is InChI=1S/C21H23N3O4S2/c1-12(2)20(21(26)23-16-7-5-15(6-8-16)13(3)25)24-30(27,28)17-9-10-18-19(11-17)29-14(4)22-18/h5-12,20,24H,1-4H3,(H,23,26)/t20-/m1/s1. The Morgan fingerprint density at radius 3 is 2.33 bits per heavy atom. The van der Waals surface area contributed by atoms with Crippen molar-refractivity contribution in [3.05, 3.63) is 53.0 Å². The van der Waals surface area contributed by atoms with Crippen molar-refractivity contribution in [3.8, 4) is 0 Å². The summed E-state index contributed by atoms with van der Waals surface area (Å²) in [4.78, 5) is 28.6. The first-order chi connectivity index (χ1) is 14.1. The third kappa shape index (κ3) is 4.92. The van der Waals surface area contributed by atoms with Crippen molar-refractivity contribution in [1.82, 2.24) is 9.71 Å². The number of carbonyl (C=O) groups is 2. The molecule has 0 radical (unpaired) electrons. The number of sulfonamides is 1. The van der Waals surface area contributed by atoms with Gasteiger partial charge in [-0.15, -0.1) is 11.3 Å². The second-order valence-electron chi connectivity index (χ2n) is 7.33. The first-order valence-electron chi connectivity index (χ1n) is 9.38. The topological polar surface area (TPSA) is 105 Å². The second kappa shape index (κ2) is 8.63. The summed E-state index contributed by atoms with van der Waals surface area (Å²) >= 11 is 1.41. The summed E-state index contributed by atoms with van der Waals surface area (Å²) < 4.78 is 29.1. The minimum atomic E-state index is -3.92. The zero-order chi connectivity index (χ0) is 22.1. The zero-order valence-electron chi connectivity index (χ0n) is 17.1. The molecule has 30 heavy (non-hydrogen) atoms. The molecular weight excluding hydrogens is 422 g/mol. The van der Waals surface area contributed by atoms with Gasteiger partial charge in [-0.25, -0.2) is 13.4 Å². The monoisotopic (exact) mass is 445 g/mol. The number of carbonyl (C=O) groups excluding carboxylic acids is 2. The number of aryl methyl sites for hydroxylation is 1. The number of nitrogens with one attached hydrogen (secondary N) is 2. The summed E-state index contributed by atoms with van der Waals surface area (Å²) in [5.41, 5.74) is 1.75. The van der Waals surface area contributed by atoms with E-state index in [9.17, 15) is 18.0 Å². The number of rotatable bonds is 7. The van der Waals surface area contributed by atoms with Crippen LogP contribution in [0.4, 0.5) is 5.69 Å². The van der Waals surface area contributed by atoms with Crippen molar-refractivity contribution in [3.63, 3.8) is 0 Å². The number of amides is 1. The Balaban J connectivity index is 1.80. The van der Waals surface area contributed by atoms with Crippen molar-refractivity contribution >= 4 is 49.0 Å². The van der Waals surface area contributed by atoms with Gasteiger partial charge in [0.05, 0.1) is 20.1 Å². The Bertz CT molecular complexity index is 1200. The lowest BCUT2D eigenvalue weighted by molar-refractivity contribution is -0.118. The summed E-state index contributed by atoms with van der Waals surface area (Å²) in [7, 11) is -3.92. The van der Waals surface area contributed by atoms with E-state index in [1.807, 2.05) is 6.92 Å². The Labute approximate surface area is 179 Å². The molecule has 0 saturated heterocycles. The van der Waals surface area contributed by atoms with Crippen LogP contribution in [0.15, 0.2) is 47.4 Å². The van der Waals surface area contributed by atoms with Gasteiger partial charge in [0.2, 0.25) is 15.9 Å². The fourth-order valence-corrected chi connectivity index (χ4v) is 5.23. The summed E-state index contributed by atoms with van der Waals surface area (Å²) in [5, 5.41) is 3.56. The molecule has 0 unspecified atom stereocenters. The number of nitrogens with zero attached hydrogens (tertiary/aromatic N) is 1. The first-order valence-corrected chi connectivity index (χ1v) is 11.7. The highest BCUT2D eigenvalue weighted by Crippen LogP contribution is 2.25. The van der Waals surface area contributed by atoms with Crippen LogP contribution >= 0.6 is 11.3 Å². The van der Waals surface area contributed by atoms with Crippen molar-refractivity contribution in [2.45, 2.75) is 38.6 Å². The van der Waals surface area contributed by atoms with E-state index >= 15 is 0 Å². The second-order valence-corrected chi connectivity index (χ2v) is 10.3. The number of hydrogen-bond donors (Lipinski definition) is 2. The van der Waals surface area contributed by atoms with E-state index in [0.717, 1.165) is 15.2 Å². The van der Waals surface area contributed by atoms with Gasteiger partial charge in [-0.05, 0) is 62.2 Å². The maximum atomic E-state index is 12.9. The van der Waals surface area contributed by atoms with Gasteiger partial charge in [-0.2, -0.15) is 4.72 Å². The molecule has 2 N–H and O–H groups in total. The number of thiazole rings is 1. The van der Waals surface area contributed by atoms with Crippen LogP contribution < -0.4 is 10.0 Å². The highest BCUT2D eigenvalue weighted by molar-refractivity contribution is 7.89. The molecule has 0 fully saturated rings. The van der Waals surface area contributed by atoms with E-state index in [1.165, 1.54) is 24.3 Å². The Kier molecular flexibility index (Phi) is 6.35. The van der Waals surface area contributed by atoms with Crippen molar-refractivity contribution in [2.24, 2.45) is 5.92 Å². The van der Waals surface area contributed by atoms with E-state index < -0.39 is 22.0 Å². The number of Topliss-reactive ketones (excluding diaryl/α,β-unsaturated/α-hetero) is 1. The van der Waals surface area contributed by atoms with Gasteiger partial charge in [-0.1, -0.05) is 13.8 Å². The van der Waals surface area contributed by atoms with Crippen LogP contribution in [-0.4, -0.2) is 31.1 Å². The Hall–Kier alpha value is -2.62. The average molecular weight is 446 g/mol. The molecule has 1 atom stereocenters. The number of benzene rings is 2. The van der Waals surface area contributed by atoms with Crippen LogP contribution in [-0.2, 0) is 14.8 Å². The van der Waals surface area contributed by atoms with E-state index in [0.29, 0.717) is 11.3 Å². The maximum absolute atomic E-state index is 12.9. The molecule has 0 bridgehead atoms. The average Bonchev–Trinajstić information content (AvgIpc) is 3.05. The molecule has 2 aromatic carbocycles. The predicted octanol–water partition coefficient (Wildman–Crippen LogP) is 3.75. The van der Waals surface area contributed by atoms with Crippen molar-refractivity contribution in [2.75, 3.05) is 5.32 Å². The fraction of sp³-hybridized carbons (Fsp3) is 0.286. The van der Waals surface area contributed by atoms with Crippen LogP contribution in [0.25, 0.3) is 10.2 Å². The molecule has 0 aliphatic heterocycles. The molecule has 1 aromatic heterocycles. The fourth-order valence-electron chi connectivity index (χ4n) is 2.92. The lowest BCUT2D eigenvalue weighted by Crippen LogP contribution is -2.47. The predicted molar refractivity (Wildman–Crippen MR) is 118 cm³/mol. The van der Waals surface area contributed by atoms with Gasteiger partial charge in [0.25, 0.3) is 0 Å². The summed E-state index contributed by atoms with van der Waals surface area (Å²) in [6.45, 7) is 6.85. The van der Waals surface area contributed by atoms with Crippen LogP contribution in [0, 0.1) is 12.8 Å². The number of hydrogen-bond acceptors (Lipinski definition) is 6. The zero-order valence-corrected chi connectivity index (χ0v) is 18.7. The number of fused-ring (bicyclic) bond motifs is 1. The Morgan fingerprint density at radius 2 is 1.73 bits per heavy atom. The highest BCUT2D eigenvalue weighted by Gasteiger charge is 2.28. The molecule has 7 nitrogen and oxygen atoms in total. The molecule has 0 saturated carbocycles. The quantitative estimate of drug-likeness (QED) is 0.539. The smallest absolute Gasteiger partial charge is 0.242 e. The third-order valence-electron chi connectivity index (χ3n) is 4.57. The summed E-state index contributed by atoms with van der Waals surface area (Å²) in [5.74, 6) is -0.835. The maximum Gasteiger partial charge on any atom is 0.242 e. The van der Waals surface area contributed by atoms with E-state index in [4.69, 9.17) is 0 Å². The van der Waals surface area contributed by atoms with Gasteiger partial charge < -0.3 is 5.32 Å². The largest absolute Gasteiger partial charge is 0.325 e. The van der Waals surface area contributed by atoms with Gasteiger partial charge in [0.1, 0.15) is 6.04 Å². The normalized spacial score (nSPS) is 12.8. The molecule has 1 heterocycles. The molecule has 3 rings (SSSR count). The van der Waals surface area contributed by atoms with Gasteiger partial charge in [0.15, 0.2) is 5.78 Å². The van der Waals surface area contributed by atoms with E-state index in [2.05, 4.69) is 15.0 Å². The molecule has 0 spiro atoms. The number of ketones is 1. The van der Waals surface area contributed by atoms with Gasteiger partial charge in [0, 0.05) is 11.3 Å². The minimum Gasteiger partial charge on any atom is -0.325 e. The number of anilines is 1. The van der Waals surface area contributed by atoms with E-state index in [1.54, 1.807) is 50.2 Å². The molecule has 158 valence electrons. The molecule has 0 aliphatic rings. The molecule has 1 amide bonds. The van der Waals surface area contributed by atoms with Crippen LogP contribution in [0.5, 0.6) is 0 Å². The minimum absolute atomic E-state index is 0.0752. The van der Waals surface area contributed by atoms with Crippen LogP contribution in [0.2, 0.25) is 0 Å². The summed E-state index contributed by atoms with van der Waals surface area (Å²) in [6.07, 6.45) is 0. The van der Waals surface area contributed by atoms with Gasteiger partial charge in [-0.3, -0.25) is 9.59 Å². The molecule has 3 aromatic rings. The molecular formula is C21H23N3O4S2. The van der Waals surface area contributed by atoms with Crippen LogP contribution in [0.1, 0.15) is 36.1 Å². The Morgan fingerprint density at radius 1 is 1.07 bits per heavy atom. The van der Waals surface area contributed by atoms with E-state index in [-0.39, 0.29) is 16.6 Å². The number of aromatic nitrogens is 1. The molecule has 9 heteroatoms. The highest BCUT2D eigenvalue weighted by atomic mass is 32.2. The van der Waals surface area contributed by atoms with Crippen LogP contribution in [0.3, 0.4) is 0 Å². The first kappa shape index (κ1) is 22.1. The van der Waals surface area contributed by atoms with Crippen molar-refractivity contribution < 1.29 is 18.0 Å².